The Hall–Kier alpha value is -1.67. The summed E-state index contributed by atoms with van der Waals surface area (Å²) in [5.74, 6) is -1.05. The summed E-state index contributed by atoms with van der Waals surface area (Å²) in [4.78, 5) is 24.1. The van der Waals surface area contributed by atoms with Gasteiger partial charge in [-0.25, -0.2) is 0 Å². The van der Waals surface area contributed by atoms with Crippen LogP contribution in [-0.2, 0) is 6.18 Å². The molecule has 126 valence electrons. The van der Waals surface area contributed by atoms with Gasteiger partial charge in [0.15, 0.2) is 5.78 Å². The van der Waals surface area contributed by atoms with Crippen LogP contribution in [0.15, 0.2) is 46.9 Å². The van der Waals surface area contributed by atoms with Crippen LogP contribution in [0.1, 0.15) is 26.3 Å². The van der Waals surface area contributed by atoms with E-state index in [0.717, 1.165) is 18.2 Å². The van der Waals surface area contributed by atoms with Crippen LogP contribution in [-0.4, -0.2) is 17.0 Å². The Balaban J connectivity index is 2.42. The summed E-state index contributed by atoms with van der Waals surface area (Å²) in [6.07, 6.45) is -4.58. The Morgan fingerprint density at radius 2 is 1.79 bits per heavy atom. The van der Waals surface area contributed by atoms with E-state index in [1.54, 1.807) is 12.1 Å². The van der Waals surface area contributed by atoms with Gasteiger partial charge in [-0.3, -0.25) is 9.59 Å². The molecule has 8 heteroatoms. The summed E-state index contributed by atoms with van der Waals surface area (Å²) in [6, 6.07) is 8.99. The minimum atomic E-state index is -4.58. The normalized spacial score (nSPS) is 11.2. The van der Waals surface area contributed by atoms with Crippen LogP contribution < -0.4 is 5.32 Å². The molecule has 0 atom stereocenters. The number of nitrogens with one attached hydrogen (secondary N) is 1. The third-order valence-corrected chi connectivity index (χ3v) is 4.11. The van der Waals surface area contributed by atoms with Crippen molar-refractivity contribution in [1.82, 2.24) is 0 Å². The number of carbonyl (C=O) groups excluding carboxylic acids is 2. The van der Waals surface area contributed by atoms with E-state index in [2.05, 4.69) is 37.2 Å². The minimum absolute atomic E-state index is 0.00298. The molecule has 0 saturated carbocycles. The third kappa shape index (κ3) is 4.45. The zero-order valence-corrected chi connectivity index (χ0v) is 15.1. The van der Waals surface area contributed by atoms with E-state index in [0.29, 0.717) is 4.47 Å². The Kier molecular flexibility index (Phi) is 5.82. The number of benzene rings is 2. The van der Waals surface area contributed by atoms with Gasteiger partial charge in [0.1, 0.15) is 0 Å². The van der Waals surface area contributed by atoms with E-state index in [-0.39, 0.29) is 22.1 Å². The van der Waals surface area contributed by atoms with Crippen molar-refractivity contribution < 1.29 is 22.8 Å². The third-order valence-electron chi connectivity index (χ3n) is 3.10. The molecule has 2 aromatic carbocycles. The van der Waals surface area contributed by atoms with Crippen LogP contribution in [0.5, 0.6) is 0 Å². The zero-order chi connectivity index (χ0) is 17.9. The molecule has 0 heterocycles. The summed E-state index contributed by atoms with van der Waals surface area (Å²) in [6.45, 7) is 0. The van der Waals surface area contributed by atoms with E-state index >= 15 is 0 Å². The molecule has 0 spiro atoms. The first kappa shape index (κ1) is 18.7. The summed E-state index contributed by atoms with van der Waals surface area (Å²) < 4.78 is 39.3. The van der Waals surface area contributed by atoms with Crippen molar-refractivity contribution in [3.05, 3.63) is 63.6 Å². The number of hydrogen-bond donors (Lipinski definition) is 1. The first-order valence-electron chi connectivity index (χ1n) is 6.59. The smallest absolute Gasteiger partial charge is 0.321 e. The topological polar surface area (TPSA) is 46.2 Å². The monoisotopic (exact) mass is 463 g/mol. The summed E-state index contributed by atoms with van der Waals surface area (Å²) in [5, 5.41) is 2.31. The number of alkyl halides is 4. The molecule has 0 fully saturated rings. The number of amides is 1. The highest BCUT2D eigenvalue weighted by molar-refractivity contribution is 9.10. The maximum Gasteiger partial charge on any atom is 0.416 e. The molecular weight excluding hydrogens is 455 g/mol. The molecule has 1 amide bonds. The van der Waals surface area contributed by atoms with Gasteiger partial charge in [-0.05, 0) is 36.4 Å². The molecule has 0 unspecified atom stereocenters. The van der Waals surface area contributed by atoms with Crippen molar-refractivity contribution in [2.75, 3.05) is 10.6 Å². The van der Waals surface area contributed by atoms with E-state index in [1.165, 1.54) is 12.1 Å². The first-order chi connectivity index (χ1) is 11.2. The molecule has 2 rings (SSSR count). The average Bonchev–Trinajstić information content (AvgIpc) is 2.53. The highest BCUT2D eigenvalue weighted by Crippen LogP contribution is 2.32. The van der Waals surface area contributed by atoms with Crippen LogP contribution in [0.3, 0.4) is 0 Å². The molecule has 0 aliphatic carbocycles. The number of anilines is 1. The number of Topliss-reactive ketones (excluding diaryl/α,β-unsaturated/α-hetero) is 1. The van der Waals surface area contributed by atoms with Crippen LogP contribution in [0.2, 0.25) is 0 Å². The van der Waals surface area contributed by atoms with Gasteiger partial charge in [-0.1, -0.05) is 37.9 Å². The fourth-order valence-electron chi connectivity index (χ4n) is 1.96. The maximum absolute atomic E-state index is 12.9. The minimum Gasteiger partial charge on any atom is -0.321 e. The molecule has 0 saturated heterocycles. The lowest BCUT2D eigenvalue weighted by Gasteiger charge is -2.14. The van der Waals surface area contributed by atoms with Gasteiger partial charge in [-0.2, -0.15) is 13.2 Å². The van der Waals surface area contributed by atoms with Crippen molar-refractivity contribution in [2.45, 2.75) is 6.18 Å². The zero-order valence-electron chi connectivity index (χ0n) is 12.0. The van der Waals surface area contributed by atoms with Crippen LogP contribution in [0, 0.1) is 0 Å². The van der Waals surface area contributed by atoms with Crippen molar-refractivity contribution in [1.29, 1.82) is 0 Å². The van der Waals surface area contributed by atoms with Gasteiger partial charge in [0, 0.05) is 15.6 Å². The molecule has 3 nitrogen and oxygen atoms in total. The highest BCUT2D eigenvalue weighted by Gasteiger charge is 2.31. The predicted molar refractivity (Wildman–Crippen MR) is 91.7 cm³/mol. The maximum atomic E-state index is 12.9. The number of carbonyl (C=O) groups is 2. The quantitative estimate of drug-likeness (QED) is 0.493. The largest absolute Gasteiger partial charge is 0.416 e. The molecule has 0 aromatic heterocycles. The molecule has 1 N–H and O–H groups in total. The van der Waals surface area contributed by atoms with Crippen molar-refractivity contribution in [3.63, 3.8) is 0 Å². The van der Waals surface area contributed by atoms with Gasteiger partial charge in [0.05, 0.1) is 16.6 Å². The molecule has 24 heavy (non-hydrogen) atoms. The SMILES string of the molecule is O=C(Nc1cc(C(F)(F)F)ccc1C(=O)CBr)c1cccc(Br)c1. The lowest BCUT2D eigenvalue weighted by molar-refractivity contribution is -0.137. The number of rotatable bonds is 4. The van der Waals surface area contributed by atoms with Gasteiger partial charge >= 0.3 is 6.18 Å². The molecule has 0 bridgehead atoms. The van der Waals surface area contributed by atoms with Gasteiger partial charge in [0.25, 0.3) is 5.91 Å². The molecular formula is C16H10Br2F3NO2. The highest BCUT2D eigenvalue weighted by atomic mass is 79.9. The van der Waals surface area contributed by atoms with Crippen LogP contribution >= 0.6 is 31.9 Å². The Morgan fingerprint density at radius 1 is 1.08 bits per heavy atom. The lowest BCUT2D eigenvalue weighted by Crippen LogP contribution is -2.17. The van der Waals surface area contributed by atoms with Crippen molar-refractivity contribution in [3.8, 4) is 0 Å². The number of ketones is 1. The second-order valence-electron chi connectivity index (χ2n) is 4.78. The molecule has 0 aliphatic heterocycles. The van der Waals surface area contributed by atoms with E-state index in [4.69, 9.17) is 0 Å². The van der Waals surface area contributed by atoms with Crippen LogP contribution in [0.4, 0.5) is 18.9 Å². The lowest BCUT2D eigenvalue weighted by atomic mass is 10.0. The molecule has 0 aliphatic rings. The average molecular weight is 465 g/mol. The molecule has 2 aromatic rings. The Labute approximate surface area is 152 Å². The van der Waals surface area contributed by atoms with E-state index in [1.807, 2.05) is 0 Å². The van der Waals surface area contributed by atoms with Gasteiger partial charge in [-0.15, -0.1) is 0 Å². The molecule has 0 radical (unpaired) electrons. The Bertz CT molecular complexity index is 791. The standard InChI is InChI=1S/C16H10Br2F3NO2/c17-8-14(23)12-5-4-10(16(19,20)21)7-13(12)22-15(24)9-2-1-3-11(18)6-9/h1-7H,8H2,(H,22,24). The van der Waals surface area contributed by atoms with Crippen LogP contribution in [0.25, 0.3) is 0 Å². The fraction of sp³-hybridized carbons (Fsp3) is 0.125. The summed E-state index contributed by atoms with van der Waals surface area (Å²) >= 11 is 6.19. The van der Waals surface area contributed by atoms with E-state index in [9.17, 15) is 22.8 Å². The number of hydrogen-bond acceptors (Lipinski definition) is 2. The Morgan fingerprint density at radius 3 is 2.38 bits per heavy atom. The van der Waals surface area contributed by atoms with Gasteiger partial charge < -0.3 is 5.32 Å². The van der Waals surface area contributed by atoms with E-state index < -0.39 is 23.4 Å². The summed E-state index contributed by atoms with van der Waals surface area (Å²) in [7, 11) is 0. The van der Waals surface area contributed by atoms with Gasteiger partial charge in [0.2, 0.25) is 0 Å². The fourth-order valence-corrected chi connectivity index (χ4v) is 2.66. The van der Waals surface area contributed by atoms with Crippen molar-refractivity contribution in [2.24, 2.45) is 0 Å². The number of halogens is 5. The summed E-state index contributed by atoms with van der Waals surface area (Å²) in [5.41, 5.74) is -0.875. The second kappa shape index (κ2) is 7.48. The predicted octanol–water partition coefficient (Wildman–Crippen LogP) is 5.30. The van der Waals surface area contributed by atoms with Crippen molar-refractivity contribution >= 4 is 49.2 Å². The second-order valence-corrected chi connectivity index (χ2v) is 6.26. The first-order valence-corrected chi connectivity index (χ1v) is 8.51.